The fourth-order valence-corrected chi connectivity index (χ4v) is 2.05. The molecule has 0 aromatic carbocycles. The molecule has 2 rings (SSSR count). The molecule has 0 aliphatic rings. The topological polar surface area (TPSA) is 47.0 Å². The van der Waals surface area contributed by atoms with Gasteiger partial charge >= 0.3 is 0 Å². The first-order chi connectivity index (χ1) is 9.19. The van der Waals surface area contributed by atoms with Crippen molar-refractivity contribution in [2.75, 3.05) is 6.54 Å². The van der Waals surface area contributed by atoms with E-state index in [2.05, 4.69) is 31.2 Å². The molecule has 0 saturated heterocycles. The van der Waals surface area contributed by atoms with Crippen molar-refractivity contribution in [3.05, 3.63) is 45.8 Å². The highest BCUT2D eigenvalue weighted by Crippen LogP contribution is 2.26. The van der Waals surface area contributed by atoms with Gasteiger partial charge < -0.3 is 10.1 Å². The van der Waals surface area contributed by atoms with Crippen LogP contribution in [0.3, 0.4) is 0 Å². The molecule has 100 valence electrons. The molecule has 4 nitrogen and oxygen atoms in total. The Bertz CT molecular complexity index is 565. The maximum absolute atomic E-state index is 5.88. The maximum atomic E-state index is 5.88. The van der Waals surface area contributed by atoms with Gasteiger partial charge in [-0.1, -0.05) is 18.5 Å². The minimum atomic E-state index is 0.530. The van der Waals surface area contributed by atoms with Gasteiger partial charge in [0.2, 0.25) is 5.88 Å². The van der Waals surface area contributed by atoms with Gasteiger partial charge in [-0.05, 0) is 28.5 Å². The van der Waals surface area contributed by atoms with E-state index in [0.717, 1.165) is 16.6 Å². The van der Waals surface area contributed by atoms with Gasteiger partial charge in [-0.2, -0.15) is 0 Å². The molecule has 6 heteroatoms. The number of hydrogen-bond donors (Lipinski definition) is 1. The van der Waals surface area contributed by atoms with Crippen LogP contribution < -0.4 is 10.1 Å². The van der Waals surface area contributed by atoms with Gasteiger partial charge in [0, 0.05) is 35.0 Å². The lowest BCUT2D eigenvalue weighted by Crippen LogP contribution is -2.13. The van der Waals surface area contributed by atoms with Crippen LogP contribution in [-0.2, 0) is 6.54 Å². The molecular formula is C13H13BrClN3O. The summed E-state index contributed by atoms with van der Waals surface area (Å²) in [6, 6.07) is 3.68. The second kappa shape index (κ2) is 6.84. The number of rotatable bonds is 5. The van der Waals surface area contributed by atoms with Crippen LogP contribution in [0.5, 0.6) is 11.6 Å². The van der Waals surface area contributed by atoms with Gasteiger partial charge in [0.05, 0.1) is 11.2 Å². The lowest BCUT2D eigenvalue weighted by atomic mass is 10.2. The average Bonchev–Trinajstić information content (AvgIpc) is 2.39. The zero-order chi connectivity index (χ0) is 13.7. The number of ether oxygens (including phenoxy) is 1. The Balaban J connectivity index is 2.23. The lowest BCUT2D eigenvalue weighted by molar-refractivity contribution is 0.451. The maximum Gasteiger partial charge on any atom is 0.223 e. The quantitative estimate of drug-likeness (QED) is 0.898. The minimum absolute atomic E-state index is 0.530. The number of halogens is 2. The fraction of sp³-hybridized carbons (Fsp3) is 0.231. The minimum Gasteiger partial charge on any atom is -0.437 e. The highest BCUT2D eigenvalue weighted by atomic mass is 79.9. The highest BCUT2D eigenvalue weighted by molar-refractivity contribution is 9.10. The van der Waals surface area contributed by atoms with Gasteiger partial charge in [0.25, 0.3) is 0 Å². The summed E-state index contributed by atoms with van der Waals surface area (Å²) < 4.78 is 6.64. The zero-order valence-electron chi connectivity index (χ0n) is 10.4. The molecule has 0 fully saturated rings. The molecule has 0 amide bonds. The van der Waals surface area contributed by atoms with Crippen molar-refractivity contribution >= 4 is 27.5 Å². The van der Waals surface area contributed by atoms with Gasteiger partial charge in [-0.3, -0.25) is 4.98 Å². The molecule has 2 aromatic rings. The molecule has 0 unspecified atom stereocenters. The second-order valence-corrected chi connectivity index (χ2v) is 5.19. The van der Waals surface area contributed by atoms with Crippen LogP contribution in [0.1, 0.15) is 12.5 Å². The fourth-order valence-electron chi connectivity index (χ4n) is 1.51. The van der Waals surface area contributed by atoms with E-state index in [-0.39, 0.29) is 0 Å². The van der Waals surface area contributed by atoms with Gasteiger partial charge in [-0.25, -0.2) is 4.98 Å². The van der Waals surface area contributed by atoms with E-state index in [1.807, 2.05) is 13.0 Å². The summed E-state index contributed by atoms with van der Waals surface area (Å²) in [5.74, 6) is 1.12. The van der Waals surface area contributed by atoms with Crippen LogP contribution in [0.15, 0.2) is 35.2 Å². The van der Waals surface area contributed by atoms with Crippen molar-refractivity contribution < 1.29 is 4.74 Å². The summed E-state index contributed by atoms with van der Waals surface area (Å²) in [5, 5.41) is 3.78. The molecule has 0 atom stereocenters. The Hall–Kier alpha value is -1.17. The molecule has 0 bridgehead atoms. The van der Waals surface area contributed by atoms with E-state index in [0.29, 0.717) is 23.2 Å². The molecular weight excluding hydrogens is 330 g/mol. The van der Waals surface area contributed by atoms with Crippen LogP contribution >= 0.6 is 27.5 Å². The Morgan fingerprint density at radius 2 is 2.16 bits per heavy atom. The van der Waals surface area contributed by atoms with E-state index in [1.54, 1.807) is 24.7 Å². The molecule has 0 aliphatic carbocycles. The third kappa shape index (κ3) is 4.16. The summed E-state index contributed by atoms with van der Waals surface area (Å²) >= 11 is 9.28. The summed E-state index contributed by atoms with van der Waals surface area (Å²) in [6.07, 6.45) is 4.86. The summed E-state index contributed by atoms with van der Waals surface area (Å²) in [6.45, 7) is 3.61. The van der Waals surface area contributed by atoms with Crippen molar-refractivity contribution in [2.24, 2.45) is 0 Å². The van der Waals surface area contributed by atoms with Crippen LogP contribution in [0.25, 0.3) is 0 Å². The lowest BCUT2D eigenvalue weighted by Gasteiger charge is -2.10. The zero-order valence-corrected chi connectivity index (χ0v) is 12.7. The monoisotopic (exact) mass is 341 g/mol. The van der Waals surface area contributed by atoms with E-state index in [4.69, 9.17) is 16.3 Å². The molecule has 1 N–H and O–H groups in total. The van der Waals surface area contributed by atoms with Crippen molar-refractivity contribution in [1.82, 2.24) is 15.3 Å². The predicted octanol–water partition coefficient (Wildman–Crippen LogP) is 3.79. The Labute approximate surface area is 125 Å². The number of aromatic nitrogens is 2. The van der Waals surface area contributed by atoms with E-state index < -0.39 is 0 Å². The average molecular weight is 343 g/mol. The van der Waals surface area contributed by atoms with E-state index in [9.17, 15) is 0 Å². The van der Waals surface area contributed by atoms with E-state index in [1.165, 1.54) is 0 Å². The first-order valence-corrected chi connectivity index (χ1v) is 6.99. The molecule has 0 saturated carbocycles. The van der Waals surface area contributed by atoms with Crippen LogP contribution in [-0.4, -0.2) is 16.5 Å². The normalized spacial score (nSPS) is 10.5. The van der Waals surface area contributed by atoms with Gasteiger partial charge in [0.1, 0.15) is 5.75 Å². The van der Waals surface area contributed by atoms with E-state index >= 15 is 0 Å². The largest absolute Gasteiger partial charge is 0.437 e. The molecule has 0 spiro atoms. The van der Waals surface area contributed by atoms with Gasteiger partial charge in [0.15, 0.2) is 0 Å². The van der Waals surface area contributed by atoms with Crippen molar-refractivity contribution in [2.45, 2.75) is 13.5 Å². The van der Waals surface area contributed by atoms with Crippen molar-refractivity contribution in [3.63, 3.8) is 0 Å². The van der Waals surface area contributed by atoms with Crippen LogP contribution in [0.4, 0.5) is 0 Å². The second-order valence-electron chi connectivity index (χ2n) is 3.84. The third-order valence-electron chi connectivity index (χ3n) is 2.35. The third-order valence-corrected chi connectivity index (χ3v) is 2.99. The van der Waals surface area contributed by atoms with Gasteiger partial charge in [-0.15, -0.1) is 0 Å². The predicted molar refractivity (Wildman–Crippen MR) is 78.6 cm³/mol. The first-order valence-electron chi connectivity index (χ1n) is 5.82. The molecule has 0 aliphatic heterocycles. The number of hydrogen-bond acceptors (Lipinski definition) is 4. The Morgan fingerprint density at radius 1 is 1.32 bits per heavy atom. The van der Waals surface area contributed by atoms with Crippen LogP contribution in [0, 0.1) is 0 Å². The summed E-state index contributed by atoms with van der Waals surface area (Å²) in [7, 11) is 0. The van der Waals surface area contributed by atoms with Crippen molar-refractivity contribution in [1.29, 1.82) is 0 Å². The summed E-state index contributed by atoms with van der Waals surface area (Å²) in [5.41, 5.74) is 0.969. The molecule has 0 radical (unpaired) electrons. The smallest absolute Gasteiger partial charge is 0.223 e. The Kier molecular flexibility index (Phi) is 5.13. The van der Waals surface area contributed by atoms with Crippen molar-refractivity contribution in [3.8, 4) is 11.6 Å². The molecule has 19 heavy (non-hydrogen) atoms. The number of nitrogens with one attached hydrogen (secondary N) is 1. The number of nitrogens with zero attached hydrogens (tertiary/aromatic N) is 2. The molecule has 2 aromatic heterocycles. The molecule has 2 heterocycles. The van der Waals surface area contributed by atoms with Crippen LogP contribution in [0.2, 0.25) is 5.02 Å². The number of pyridine rings is 2. The first kappa shape index (κ1) is 14.2. The summed E-state index contributed by atoms with van der Waals surface area (Å²) in [4.78, 5) is 8.26. The standard InChI is InChI=1S/C13H13BrClN3O/c1-2-16-5-9-3-10(14)6-18-13(9)19-12-4-11(15)7-17-8-12/h3-4,6-8,16H,2,5H2,1H3. The SMILES string of the molecule is CCNCc1cc(Br)cnc1Oc1cncc(Cl)c1. The highest BCUT2D eigenvalue weighted by Gasteiger charge is 2.08. The Morgan fingerprint density at radius 3 is 2.89 bits per heavy atom.